The van der Waals surface area contributed by atoms with Crippen LogP contribution in [0.15, 0.2) is 18.2 Å². The molecule has 3 nitrogen and oxygen atoms in total. The third kappa shape index (κ3) is 3.07. The molecule has 5 heteroatoms. The standard InChI is InChI=1S/C12H14ClNO2S/c13-9-2-3-10(11(15)8-9)12(16)14-4-1-6-17-7-5-14/h2-3,8,15H,1,4-7H2. The van der Waals surface area contributed by atoms with Gasteiger partial charge in [-0.05, 0) is 30.4 Å². The second-order valence-corrected chi connectivity index (χ2v) is 5.58. The number of nitrogens with zero attached hydrogens (tertiary/aromatic N) is 1. The molecule has 1 amide bonds. The number of thioether (sulfide) groups is 1. The molecule has 1 N–H and O–H groups in total. The Morgan fingerprint density at radius 3 is 2.94 bits per heavy atom. The molecule has 0 spiro atoms. The van der Waals surface area contributed by atoms with Crippen LogP contribution in [-0.2, 0) is 0 Å². The Kier molecular flexibility index (Phi) is 4.18. The van der Waals surface area contributed by atoms with E-state index >= 15 is 0 Å². The maximum atomic E-state index is 12.2. The summed E-state index contributed by atoms with van der Waals surface area (Å²) in [5.41, 5.74) is 0.335. The van der Waals surface area contributed by atoms with E-state index in [-0.39, 0.29) is 11.7 Å². The number of amides is 1. The maximum Gasteiger partial charge on any atom is 0.257 e. The second-order valence-electron chi connectivity index (χ2n) is 3.92. The van der Waals surface area contributed by atoms with E-state index in [9.17, 15) is 9.90 Å². The molecule has 1 saturated heterocycles. The molecule has 0 radical (unpaired) electrons. The fourth-order valence-corrected chi connectivity index (χ4v) is 2.86. The molecule has 92 valence electrons. The molecule has 1 aliphatic heterocycles. The van der Waals surface area contributed by atoms with Gasteiger partial charge in [-0.25, -0.2) is 0 Å². The summed E-state index contributed by atoms with van der Waals surface area (Å²) in [6, 6.07) is 4.61. The van der Waals surface area contributed by atoms with Gasteiger partial charge in [-0.2, -0.15) is 11.8 Å². The largest absolute Gasteiger partial charge is 0.507 e. The van der Waals surface area contributed by atoms with Crippen molar-refractivity contribution in [2.24, 2.45) is 0 Å². The van der Waals surface area contributed by atoms with Crippen molar-refractivity contribution >= 4 is 29.3 Å². The van der Waals surface area contributed by atoms with Crippen LogP contribution in [0.3, 0.4) is 0 Å². The maximum absolute atomic E-state index is 12.2. The minimum absolute atomic E-state index is 0.0422. The highest BCUT2D eigenvalue weighted by Gasteiger charge is 2.20. The molecule has 1 aromatic carbocycles. The van der Waals surface area contributed by atoms with Gasteiger partial charge in [-0.3, -0.25) is 4.79 Å². The predicted molar refractivity (Wildman–Crippen MR) is 71.0 cm³/mol. The van der Waals surface area contributed by atoms with Crippen LogP contribution in [0, 0.1) is 0 Å². The monoisotopic (exact) mass is 271 g/mol. The summed E-state index contributed by atoms with van der Waals surface area (Å²) in [5.74, 6) is 1.90. The summed E-state index contributed by atoms with van der Waals surface area (Å²) < 4.78 is 0. The normalized spacial score (nSPS) is 16.6. The third-order valence-corrected chi connectivity index (χ3v) is 3.98. The highest BCUT2D eigenvalue weighted by molar-refractivity contribution is 7.99. The highest BCUT2D eigenvalue weighted by atomic mass is 35.5. The second kappa shape index (κ2) is 5.65. The highest BCUT2D eigenvalue weighted by Crippen LogP contribution is 2.24. The van der Waals surface area contributed by atoms with Gasteiger partial charge in [0.05, 0.1) is 5.56 Å². The summed E-state index contributed by atoms with van der Waals surface area (Å²) in [6.45, 7) is 1.50. The van der Waals surface area contributed by atoms with E-state index < -0.39 is 0 Å². The predicted octanol–water partition coefficient (Wildman–Crippen LogP) is 2.62. The Labute approximate surface area is 110 Å². The van der Waals surface area contributed by atoms with E-state index in [1.807, 2.05) is 11.8 Å². The number of phenols is 1. The number of hydrogen-bond donors (Lipinski definition) is 1. The molecule has 0 bridgehead atoms. The van der Waals surface area contributed by atoms with E-state index in [0.29, 0.717) is 10.6 Å². The first-order valence-electron chi connectivity index (χ1n) is 5.54. The van der Waals surface area contributed by atoms with Crippen molar-refractivity contribution in [1.82, 2.24) is 4.90 Å². The zero-order chi connectivity index (χ0) is 12.3. The molecule has 2 rings (SSSR count). The molecule has 17 heavy (non-hydrogen) atoms. The lowest BCUT2D eigenvalue weighted by atomic mass is 10.1. The minimum atomic E-state index is -0.110. The Balaban J connectivity index is 2.17. The van der Waals surface area contributed by atoms with Gasteiger partial charge in [0.25, 0.3) is 5.91 Å². The van der Waals surface area contributed by atoms with Crippen molar-refractivity contribution in [1.29, 1.82) is 0 Å². The smallest absolute Gasteiger partial charge is 0.257 e. The van der Waals surface area contributed by atoms with Crippen molar-refractivity contribution in [3.05, 3.63) is 28.8 Å². The topological polar surface area (TPSA) is 40.5 Å². The molecule has 1 fully saturated rings. The quantitative estimate of drug-likeness (QED) is 0.854. The number of carbonyl (C=O) groups is 1. The van der Waals surface area contributed by atoms with Crippen LogP contribution in [-0.4, -0.2) is 40.5 Å². The summed E-state index contributed by atoms with van der Waals surface area (Å²) in [6.07, 6.45) is 1.00. The Bertz CT molecular complexity index is 417. The fraction of sp³-hybridized carbons (Fsp3) is 0.417. The lowest BCUT2D eigenvalue weighted by molar-refractivity contribution is 0.0765. The molecule has 0 unspecified atom stereocenters. The molecule has 0 saturated carbocycles. The number of halogens is 1. The van der Waals surface area contributed by atoms with Gasteiger partial charge >= 0.3 is 0 Å². The lowest BCUT2D eigenvalue weighted by Crippen LogP contribution is -2.32. The zero-order valence-electron chi connectivity index (χ0n) is 9.36. The minimum Gasteiger partial charge on any atom is -0.507 e. The summed E-state index contributed by atoms with van der Waals surface area (Å²) in [4.78, 5) is 14.0. The Hall–Kier alpha value is -0.870. The fourth-order valence-electron chi connectivity index (χ4n) is 1.81. The molecular weight excluding hydrogens is 258 g/mol. The van der Waals surface area contributed by atoms with Gasteiger partial charge in [0, 0.05) is 23.9 Å². The van der Waals surface area contributed by atoms with Crippen molar-refractivity contribution in [2.75, 3.05) is 24.6 Å². The number of hydrogen-bond acceptors (Lipinski definition) is 3. The Morgan fingerprint density at radius 1 is 1.35 bits per heavy atom. The molecule has 0 atom stereocenters. The van der Waals surface area contributed by atoms with Gasteiger partial charge in [-0.1, -0.05) is 11.6 Å². The van der Waals surface area contributed by atoms with Crippen molar-refractivity contribution < 1.29 is 9.90 Å². The number of rotatable bonds is 1. The van der Waals surface area contributed by atoms with Crippen LogP contribution in [0.1, 0.15) is 16.8 Å². The van der Waals surface area contributed by atoms with Crippen molar-refractivity contribution in [3.63, 3.8) is 0 Å². The number of benzene rings is 1. The summed E-state index contributed by atoms with van der Waals surface area (Å²) >= 11 is 7.61. The first-order valence-corrected chi connectivity index (χ1v) is 7.07. The Morgan fingerprint density at radius 2 is 2.18 bits per heavy atom. The van der Waals surface area contributed by atoms with E-state index in [2.05, 4.69) is 0 Å². The summed E-state index contributed by atoms with van der Waals surface area (Å²) in [5, 5.41) is 10.2. The number of carbonyl (C=O) groups excluding carboxylic acids is 1. The van der Waals surface area contributed by atoms with Gasteiger partial charge in [0.2, 0.25) is 0 Å². The first kappa shape index (κ1) is 12.6. The zero-order valence-corrected chi connectivity index (χ0v) is 10.9. The van der Waals surface area contributed by atoms with Crippen LogP contribution >= 0.6 is 23.4 Å². The number of aromatic hydroxyl groups is 1. The molecule has 1 aliphatic rings. The van der Waals surface area contributed by atoms with Crippen LogP contribution in [0.2, 0.25) is 5.02 Å². The number of phenolic OH excluding ortho intramolecular Hbond substituents is 1. The molecule has 0 aliphatic carbocycles. The molecular formula is C12H14ClNO2S. The average Bonchev–Trinajstić information content (AvgIpc) is 2.56. The van der Waals surface area contributed by atoms with Gasteiger partial charge in [-0.15, -0.1) is 0 Å². The lowest BCUT2D eigenvalue weighted by Gasteiger charge is -2.20. The van der Waals surface area contributed by atoms with Crippen LogP contribution in [0.4, 0.5) is 0 Å². The van der Waals surface area contributed by atoms with Crippen molar-refractivity contribution in [3.8, 4) is 5.75 Å². The summed E-state index contributed by atoms with van der Waals surface area (Å²) in [7, 11) is 0. The van der Waals surface area contributed by atoms with Crippen LogP contribution < -0.4 is 0 Å². The van der Waals surface area contributed by atoms with Crippen LogP contribution in [0.5, 0.6) is 5.75 Å². The molecule has 1 heterocycles. The molecule has 1 aromatic rings. The molecule has 0 aromatic heterocycles. The first-order chi connectivity index (χ1) is 8.18. The van der Waals surface area contributed by atoms with E-state index in [0.717, 1.165) is 31.0 Å². The van der Waals surface area contributed by atoms with E-state index in [1.54, 1.807) is 17.0 Å². The van der Waals surface area contributed by atoms with Crippen molar-refractivity contribution in [2.45, 2.75) is 6.42 Å². The SMILES string of the molecule is O=C(c1ccc(Cl)cc1O)N1CCCSCC1. The van der Waals surface area contributed by atoms with Gasteiger partial charge in [0.1, 0.15) is 5.75 Å². The van der Waals surface area contributed by atoms with E-state index in [4.69, 9.17) is 11.6 Å². The van der Waals surface area contributed by atoms with E-state index in [1.165, 1.54) is 6.07 Å². The third-order valence-electron chi connectivity index (χ3n) is 2.70. The van der Waals surface area contributed by atoms with Crippen LogP contribution in [0.25, 0.3) is 0 Å². The average molecular weight is 272 g/mol. The van der Waals surface area contributed by atoms with Gasteiger partial charge < -0.3 is 10.0 Å². The van der Waals surface area contributed by atoms with Gasteiger partial charge in [0.15, 0.2) is 0 Å².